The smallest absolute Gasteiger partial charge is 0.337 e. The number of rotatable bonds is 2. The number of likely N-dealkylation sites (tertiary alicyclic amines) is 1. The summed E-state index contributed by atoms with van der Waals surface area (Å²) >= 11 is 0. The highest BCUT2D eigenvalue weighted by Gasteiger charge is 2.36. The van der Waals surface area contributed by atoms with Crippen LogP contribution in [0.15, 0.2) is 24.3 Å². The number of aromatic nitrogens is 2. The summed E-state index contributed by atoms with van der Waals surface area (Å²) in [4.78, 5) is 14.7. The molecule has 0 unspecified atom stereocenters. The molecule has 4 rings (SSSR count). The minimum atomic E-state index is -4.36. The summed E-state index contributed by atoms with van der Waals surface area (Å²) in [7, 11) is 0. The van der Waals surface area contributed by atoms with Crippen molar-refractivity contribution in [3.8, 4) is 0 Å². The van der Waals surface area contributed by atoms with Gasteiger partial charge in [-0.05, 0) is 49.8 Å². The Labute approximate surface area is 161 Å². The molecule has 2 aromatic rings. The van der Waals surface area contributed by atoms with E-state index in [0.29, 0.717) is 43.7 Å². The maximum Gasteiger partial charge on any atom is 0.416 e. The minimum Gasteiger partial charge on any atom is -0.337 e. The van der Waals surface area contributed by atoms with Crippen LogP contribution in [0.4, 0.5) is 13.2 Å². The number of fused-ring (bicyclic) bond motifs is 1. The number of aryl methyl sites for hydroxylation is 1. The fourth-order valence-electron chi connectivity index (χ4n) is 4.23. The molecule has 1 amide bonds. The van der Waals surface area contributed by atoms with Crippen molar-refractivity contribution in [1.82, 2.24) is 20.4 Å². The molecular weight excluding hydrogens is 369 g/mol. The SMILES string of the molecule is O=C(c1n[nH]c2c1CNCCC2)N1CCC(c2ccccc2C(F)(F)F)CC1. The van der Waals surface area contributed by atoms with Crippen LogP contribution in [0.3, 0.4) is 0 Å². The monoisotopic (exact) mass is 392 g/mol. The van der Waals surface area contributed by atoms with E-state index in [9.17, 15) is 18.0 Å². The lowest BCUT2D eigenvalue weighted by atomic mass is 9.86. The molecule has 0 radical (unpaired) electrons. The average molecular weight is 392 g/mol. The molecule has 150 valence electrons. The van der Waals surface area contributed by atoms with Crippen molar-refractivity contribution in [3.63, 3.8) is 0 Å². The van der Waals surface area contributed by atoms with Crippen molar-refractivity contribution in [2.45, 2.75) is 44.3 Å². The molecule has 2 aliphatic rings. The van der Waals surface area contributed by atoms with Gasteiger partial charge in [0.1, 0.15) is 0 Å². The number of piperidine rings is 1. The molecule has 1 saturated heterocycles. The van der Waals surface area contributed by atoms with Crippen LogP contribution < -0.4 is 5.32 Å². The van der Waals surface area contributed by atoms with Crippen LogP contribution in [0.5, 0.6) is 0 Å². The highest BCUT2D eigenvalue weighted by Crippen LogP contribution is 2.38. The van der Waals surface area contributed by atoms with E-state index in [1.165, 1.54) is 6.07 Å². The highest BCUT2D eigenvalue weighted by atomic mass is 19.4. The Balaban J connectivity index is 1.47. The van der Waals surface area contributed by atoms with Crippen LogP contribution in [0, 0.1) is 0 Å². The first-order valence-corrected chi connectivity index (χ1v) is 9.67. The second-order valence-electron chi connectivity index (χ2n) is 7.46. The Hall–Kier alpha value is -2.35. The van der Waals surface area contributed by atoms with Crippen molar-refractivity contribution < 1.29 is 18.0 Å². The van der Waals surface area contributed by atoms with Gasteiger partial charge < -0.3 is 10.2 Å². The Kier molecular flexibility index (Phi) is 5.14. The number of nitrogens with one attached hydrogen (secondary N) is 2. The summed E-state index contributed by atoms with van der Waals surface area (Å²) in [5.41, 5.74) is 2.14. The number of alkyl halides is 3. The van der Waals surface area contributed by atoms with Gasteiger partial charge in [-0.2, -0.15) is 18.3 Å². The van der Waals surface area contributed by atoms with Crippen molar-refractivity contribution >= 4 is 5.91 Å². The first-order chi connectivity index (χ1) is 13.4. The lowest BCUT2D eigenvalue weighted by Gasteiger charge is -2.33. The van der Waals surface area contributed by atoms with Gasteiger partial charge in [0.15, 0.2) is 5.69 Å². The van der Waals surface area contributed by atoms with E-state index in [4.69, 9.17) is 0 Å². The van der Waals surface area contributed by atoms with E-state index in [1.807, 2.05) is 0 Å². The molecular formula is C20H23F3N4O. The van der Waals surface area contributed by atoms with Crippen LogP contribution in [0.25, 0.3) is 0 Å². The van der Waals surface area contributed by atoms with Crippen molar-refractivity contribution in [2.75, 3.05) is 19.6 Å². The van der Waals surface area contributed by atoms with Crippen LogP contribution in [0.2, 0.25) is 0 Å². The molecule has 8 heteroatoms. The Morgan fingerprint density at radius 3 is 2.68 bits per heavy atom. The number of benzene rings is 1. The Morgan fingerprint density at radius 2 is 1.93 bits per heavy atom. The number of hydrogen-bond acceptors (Lipinski definition) is 3. The van der Waals surface area contributed by atoms with Gasteiger partial charge in [0, 0.05) is 30.9 Å². The van der Waals surface area contributed by atoms with E-state index in [-0.39, 0.29) is 11.8 Å². The first-order valence-electron chi connectivity index (χ1n) is 9.67. The number of carbonyl (C=O) groups is 1. The van der Waals surface area contributed by atoms with Crippen LogP contribution in [-0.2, 0) is 19.1 Å². The predicted octanol–water partition coefficient (Wildman–Crippen LogP) is 3.48. The molecule has 5 nitrogen and oxygen atoms in total. The largest absolute Gasteiger partial charge is 0.416 e. The lowest BCUT2D eigenvalue weighted by Crippen LogP contribution is -2.39. The van der Waals surface area contributed by atoms with Crippen LogP contribution in [0.1, 0.15) is 58.1 Å². The molecule has 2 aliphatic heterocycles. The van der Waals surface area contributed by atoms with Gasteiger partial charge in [0.05, 0.1) is 5.56 Å². The quantitative estimate of drug-likeness (QED) is 0.823. The van der Waals surface area contributed by atoms with Gasteiger partial charge in [0.25, 0.3) is 5.91 Å². The molecule has 3 heterocycles. The molecule has 1 aromatic heterocycles. The van der Waals surface area contributed by atoms with Gasteiger partial charge in [0.2, 0.25) is 0 Å². The van der Waals surface area contributed by atoms with Crippen molar-refractivity contribution in [3.05, 3.63) is 52.3 Å². The van der Waals surface area contributed by atoms with Gasteiger partial charge in [-0.3, -0.25) is 9.89 Å². The molecule has 0 saturated carbocycles. The summed E-state index contributed by atoms with van der Waals surface area (Å²) in [6.07, 6.45) is -1.47. The molecule has 0 spiro atoms. The van der Waals surface area contributed by atoms with Crippen LogP contribution >= 0.6 is 0 Å². The summed E-state index contributed by atoms with van der Waals surface area (Å²) in [6.45, 7) is 2.39. The molecule has 1 fully saturated rings. The fraction of sp³-hybridized carbons (Fsp3) is 0.500. The van der Waals surface area contributed by atoms with Gasteiger partial charge in [-0.25, -0.2) is 0 Å². The van der Waals surface area contributed by atoms with Gasteiger partial charge >= 0.3 is 6.18 Å². The third-order valence-corrected chi connectivity index (χ3v) is 5.73. The zero-order valence-corrected chi connectivity index (χ0v) is 15.5. The topological polar surface area (TPSA) is 61.0 Å². The lowest BCUT2D eigenvalue weighted by molar-refractivity contribution is -0.138. The second-order valence-corrected chi connectivity index (χ2v) is 7.46. The minimum absolute atomic E-state index is 0.135. The van der Waals surface area contributed by atoms with E-state index < -0.39 is 11.7 Å². The second kappa shape index (κ2) is 7.58. The highest BCUT2D eigenvalue weighted by molar-refractivity contribution is 5.94. The number of halogens is 3. The van der Waals surface area contributed by atoms with Crippen LogP contribution in [-0.4, -0.2) is 40.6 Å². The zero-order valence-electron chi connectivity index (χ0n) is 15.5. The van der Waals surface area contributed by atoms with E-state index in [0.717, 1.165) is 36.7 Å². The standard InChI is InChI=1S/C20H23F3N4O/c21-20(22,23)16-5-2-1-4-14(16)13-7-10-27(11-8-13)19(28)18-15-12-24-9-3-6-17(15)25-26-18/h1-2,4-5,13,24H,3,6-12H2,(H,25,26). The third kappa shape index (κ3) is 3.65. The van der Waals surface area contributed by atoms with Gasteiger partial charge in [-0.1, -0.05) is 18.2 Å². The average Bonchev–Trinajstić information content (AvgIpc) is 2.95. The maximum atomic E-state index is 13.3. The maximum absolute atomic E-state index is 13.3. The fourth-order valence-corrected chi connectivity index (χ4v) is 4.23. The summed E-state index contributed by atoms with van der Waals surface area (Å²) < 4.78 is 39.9. The van der Waals surface area contributed by atoms with Crippen molar-refractivity contribution in [1.29, 1.82) is 0 Å². The van der Waals surface area contributed by atoms with E-state index in [2.05, 4.69) is 15.5 Å². The Bertz CT molecular complexity index is 853. The predicted molar refractivity (Wildman–Crippen MR) is 97.9 cm³/mol. The van der Waals surface area contributed by atoms with Crippen molar-refractivity contribution in [2.24, 2.45) is 0 Å². The molecule has 0 aliphatic carbocycles. The third-order valence-electron chi connectivity index (χ3n) is 5.73. The summed E-state index contributed by atoms with van der Waals surface area (Å²) in [5, 5.41) is 10.5. The normalized spacial score (nSPS) is 18.6. The molecule has 1 aromatic carbocycles. The first kappa shape index (κ1) is 19.0. The molecule has 0 atom stereocenters. The van der Waals surface area contributed by atoms with Gasteiger partial charge in [-0.15, -0.1) is 0 Å². The molecule has 28 heavy (non-hydrogen) atoms. The molecule has 2 N–H and O–H groups in total. The number of amides is 1. The number of aromatic amines is 1. The number of H-pyrrole nitrogens is 1. The molecule has 0 bridgehead atoms. The van der Waals surface area contributed by atoms with E-state index in [1.54, 1.807) is 17.0 Å². The zero-order chi connectivity index (χ0) is 19.7. The Morgan fingerprint density at radius 1 is 1.18 bits per heavy atom. The summed E-state index contributed by atoms with van der Waals surface area (Å²) in [5.74, 6) is -0.330. The number of nitrogens with zero attached hydrogens (tertiary/aromatic N) is 2. The van der Waals surface area contributed by atoms with E-state index >= 15 is 0 Å². The summed E-state index contributed by atoms with van der Waals surface area (Å²) in [6, 6.07) is 5.76. The number of carbonyl (C=O) groups excluding carboxylic acids is 1. The number of hydrogen-bond donors (Lipinski definition) is 2.